The average Bonchev–Trinajstić information content (AvgIpc) is 2.84. The number of Topliss-reactive ketones (excluding diaryl/α,β-unsaturated/α-hetero) is 1. The molecule has 1 aliphatic rings. The highest BCUT2D eigenvalue weighted by molar-refractivity contribution is 7.99. The number of hydrogen-bond acceptors (Lipinski definition) is 6. The monoisotopic (exact) mass is 481 g/mol. The van der Waals surface area contributed by atoms with Gasteiger partial charge in [0.05, 0.1) is 10.8 Å². The van der Waals surface area contributed by atoms with Gasteiger partial charge in [-0.25, -0.2) is 13.4 Å². The number of rotatable bonds is 8. The van der Waals surface area contributed by atoms with Crippen LogP contribution in [0, 0.1) is 6.92 Å². The first-order valence-electron chi connectivity index (χ1n) is 10.9. The lowest BCUT2D eigenvalue weighted by Crippen LogP contribution is -2.48. The van der Waals surface area contributed by atoms with Crippen LogP contribution in [0.2, 0.25) is 0 Å². The van der Waals surface area contributed by atoms with Gasteiger partial charge in [-0.3, -0.25) is 9.69 Å². The highest BCUT2D eigenvalue weighted by atomic mass is 32.2. The van der Waals surface area contributed by atoms with Crippen LogP contribution in [0.3, 0.4) is 0 Å². The van der Waals surface area contributed by atoms with E-state index >= 15 is 0 Å². The van der Waals surface area contributed by atoms with Gasteiger partial charge in [0.15, 0.2) is 5.78 Å². The number of sulfonamides is 1. The fraction of sp³-hybridized carbons (Fsp3) is 0.280. The Morgan fingerprint density at radius 2 is 1.64 bits per heavy atom. The Kier molecular flexibility index (Phi) is 7.60. The van der Waals surface area contributed by atoms with Crippen LogP contribution in [-0.4, -0.2) is 60.3 Å². The fourth-order valence-electron chi connectivity index (χ4n) is 3.69. The van der Waals surface area contributed by atoms with E-state index in [0.717, 1.165) is 12.1 Å². The summed E-state index contributed by atoms with van der Waals surface area (Å²) in [4.78, 5) is 19.1. The SMILES string of the molecule is Cc1ccc(C(=O)CSc2ccc(S(=O)(=O)N3CCN(Cc4ccccc4)CC3)cn2)cc1. The summed E-state index contributed by atoms with van der Waals surface area (Å²) < 4.78 is 27.6. The predicted octanol–water partition coefficient (Wildman–Crippen LogP) is 3.87. The molecular formula is C25H27N3O3S2. The summed E-state index contributed by atoms with van der Waals surface area (Å²) >= 11 is 1.31. The summed E-state index contributed by atoms with van der Waals surface area (Å²) in [7, 11) is -3.59. The second kappa shape index (κ2) is 10.6. The van der Waals surface area contributed by atoms with Crippen molar-refractivity contribution >= 4 is 27.6 Å². The maximum atomic E-state index is 13.0. The molecule has 0 radical (unpaired) electrons. The van der Waals surface area contributed by atoms with Crippen LogP contribution in [0.5, 0.6) is 0 Å². The molecule has 0 bridgehead atoms. The number of piperazine rings is 1. The second-order valence-corrected chi connectivity index (χ2v) is 11.0. The lowest BCUT2D eigenvalue weighted by Gasteiger charge is -2.33. The molecule has 8 heteroatoms. The molecule has 2 heterocycles. The van der Waals surface area contributed by atoms with Gasteiger partial charge in [0.2, 0.25) is 10.0 Å². The van der Waals surface area contributed by atoms with Crippen LogP contribution in [0.1, 0.15) is 21.5 Å². The van der Waals surface area contributed by atoms with Crippen molar-refractivity contribution in [1.29, 1.82) is 0 Å². The molecular weight excluding hydrogens is 454 g/mol. The summed E-state index contributed by atoms with van der Waals surface area (Å²) in [6, 6.07) is 20.9. The van der Waals surface area contributed by atoms with Crippen molar-refractivity contribution in [3.63, 3.8) is 0 Å². The van der Waals surface area contributed by atoms with E-state index in [9.17, 15) is 13.2 Å². The van der Waals surface area contributed by atoms with Gasteiger partial charge < -0.3 is 0 Å². The second-order valence-electron chi connectivity index (χ2n) is 8.08. The molecule has 0 amide bonds. The Balaban J connectivity index is 1.31. The smallest absolute Gasteiger partial charge is 0.244 e. The minimum absolute atomic E-state index is 0.0203. The molecule has 0 unspecified atom stereocenters. The maximum absolute atomic E-state index is 13.0. The van der Waals surface area contributed by atoms with E-state index in [1.807, 2.05) is 49.4 Å². The van der Waals surface area contributed by atoms with Crippen LogP contribution < -0.4 is 0 Å². The molecule has 2 aromatic carbocycles. The van der Waals surface area contributed by atoms with Gasteiger partial charge in [0.1, 0.15) is 4.90 Å². The van der Waals surface area contributed by atoms with E-state index in [0.29, 0.717) is 36.8 Å². The summed E-state index contributed by atoms with van der Waals surface area (Å²) in [6.07, 6.45) is 1.39. The first-order chi connectivity index (χ1) is 15.9. The van der Waals surface area contributed by atoms with Gasteiger partial charge in [-0.1, -0.05) is 71.9 Å². The Hall–Kier alpha value is -2.52. The molecule has 33 heavy (non-hydrogen) atoms. The first kappa shape index (κ1) is 23.6. The Morgan fingerprint density at radius 3 is 2.27 bits per heavy atom. The lowest BCUT2D eigenvalue weighted by molar-refractivity contribution is 0.102. The summed E-state index contributed by atoms with van der Waals surface area (Å²) in [5, 5.41) is 0.627. The van der Waals surface area contributed by atoms with Crippen molar-refractivity contribution < 1.29 is 13.2 Å². The van der Waals surface area contributed by atoms with Gasteiger partial charge in [-0.2, -0.15) is 4.31 Å². The van der Waals surface area contributed by atoms with Crippen LogP contribution in [-0.2, 0) is 16.6 Å². The molecule has 0 aliphatic carbocycles. The third kappa shape index (κ3) is 6.09. The number of ketones is 1. The van der Waals surface area contributed by atoms with Crippen LogP contribution in [0.4, 0.5) is 0 Å². The minimum atomic E-state index is -3.59. The third-order valence-corrected chi connectivity index (χ3v) is 8.48. The van der Waals surface area contributed by atoms with Gasteiger partial charge in [0, 0.05) is 44.5 Å². The average molecular weight is 482 g/mol. The third-order valence-electron chi connectivity index (χ3n) is 5.65. The standard InChI is InChI=1S/C25H27N3O3S2/c1-20-7-9-22(10-8-20)24(29)19-32-25-12-11-23(17-26-25)33(30,31)28-15-13-27(14-16-28)18-21-5-3-2-4-6-21/h2-12,17H,13-16,18-19H2,1H3. The number of aromatic nitrogens is 1. The highest BCUT2D eigenvalue weighted by Gasteiger charge is 2.28. The van der Waals surface area contributed by atoms with Crippen molar-refractivity contribution in [3.8, 4) is 0 Å². The van der Waals surface area contributed by atoms with Crippen LogP contribution >= 0.6 is 11.8 Å². The molecule has 172 valence electrons. The summed E-state index contributed by atoms with van der Waals surface area (Å²) in [5.74, 6) is 0.276. The Bertz CT molecular complexity index is 1170. The molecule has 0 atom stereocenters. The van der Waals surface area contributed by atoms with Gasteiger partial charge in [-0.15, -0.1) is 0 Å². The number of benzene rings is 2. The number of carbonyl (C=O) groups is 1. The Labute approximate surface area is 199 Å². The van der Waals surface area contributed by atoms with Crippen molar-refractivity contribution in [2.75, 3.05) is 31.9 Å². The number of carbonyl (C=O) groups excluding carboxylic acids is 1. The highest BCUT2D eigenvalue weighted by Crippen LogP contribution is 2.22. The zero-order valence-corrected chi connectivity index (χ0v) is 20.2. The largest absolute Gasteiger partial charge is 0.296 e. The minimum Gasteiger partial charge on any atom is -0.296 e. The topological polar surface area (TPSA) is 70.6 Å². The number of pyridine rings is 1. The molecule has 1 aromatic heterocycles. The molecule has 1 saturated heterocycles. The fourth-order valence-corrected chi connectivity index (χ4v) is 5.79. The van der Waals surface area contributed by atoms with Gasteiger partial charge in [0.25, 0.3) is 0 Å². The molecule has 1 fully saturated rings. The van der Waals surface area contributed by atoms with Crippen molar-refractivity contribution in [2.24, 2.45) is 0 Å². The summed E-state index contributed by atoms with van der Waals surface area (Å²) in [6.45, 7) is 5.09. The molecule has 1 aliphatic heterocycles. The van der Waals surface area contributed by atoms with E-state index in [1.165, 1.54) is 27.8 Å². The zero-order valence-electron chi connectivity index (χ0n) is 18.6. The van der Waals surface area contributed by atoms with E-state index in [4.69, 9.17) is 0 Å². The predicted molar refractivity (Wildman–Crippen MR) is 131 cm³/mol. The zero-order chi connectivity index (χ0) is 23.3. The van der Waals surface area contributed by atoms with Crippen molar-refractivity contribution in [1.82, 2.24) is 14.2 Å². The molecule has 3 aromatic rings. The molecule has 4 rings (SSSR count). The van der Waals surface area contributed by atoms with E-state index in [2.05, 4.69) is 22.0 Å². The number of hydrogen-bond donors (Lipinski definition) is 0. The number of aryl methyl sites for hydroxylation is 1. The molecule has 0 spiro atoms. The van der Waals surface area contributed by atoms with E-state index in [-0.39, 0.29) is 16.4 Å². The molecule has 0 saturated carbocycles. The van der Waals surface area contributed by atoms with E-state index in [1.54, 1.807) is 12.1 Å². The quantitative estimate of drug-likeness (QED) is 0.359. The molecule has 0 N–H and O–H groups in total. The normalized spacial score (nSPS) is 15.4. The molecule has 6 nitrogen and oxygen atoms in total. The van der Waals surface area contributed by atoms with Gasteiger partial charge in [-0.05, 0) is 24.6 Å². The number of thioether (sulfide) groups is 1. The summed E-state index contributed by atoms with van der Waals surface area (Å²) in [5.41, 5.74) is 3.00. The van der Waals surface area contributed by atoms with E-state index < -0.39 is 10.0 Å². The van der Waals surface area contributed by atoms with Gasteiger partial charge >= 0.3 is 0 Å². The maximum Gasteiger partial charge on any atom is 0.244 e. The van der Waals surface area contributed by atoms with Crippen LogP contribution in [0.15, 0.2) is 82.8 Å². The van der Waals surface area contributed by atoms with Crippen molar-refractivity contribution in [2.45, 2.75) is 23.4 Å². The van der Waals surface area contributed by atoms with Crippen molar-refractivity contribution in [3.05, 3.63) is 89.6 Å². The lowest BCUT2D eigenvalue weighted by atomic mass is 10.1. The number of nitrogens with zero attached hydrogens (tertiary/aromatic N) is 3. The Morgan fingerprint density at radius 1 is 0.939 bits per heavy atom. The van der Waals surface area contributed by atoms with Crippen LogP contribution in [0.25, 0.3) is 0 Å². The first-order valence-corrected chi connectivity index (χ1v) is 13.3.